The summed E-state index contributed by atoms with van der Waals surface area (Å²) >= 11 is 6.01. The van der Waals surface area contributed by atoms with Crippen molar-refractivity contribution in [2.45, 2.75) is 31.8 Å². The number of hydrogen-bond acceptors (Lipinski definition) is 3. The number of amides is 1. The summed E-state index contributed by atoms with van der Waals surface area (Å²) in [4.78, 5) is 15.9. The Kier molecular flexibility index (Phi) is 10.2. The van der Waals surface area contributed by atoms with E-state index >= 15 is 0 Å². The molecule has 3 rings (SSSR count). The fourth-order valence-corrected chi connectivity index (χ4v) is 2.99. The number of ether oxygens (including phenoxy) is 1. The molecule has 162 valence electrons. The molecule has 0 aliphatic heterocycles. The highest BCUT2D eigenvalue weighted by Gasteiger charge is 2.23. The summed E-state index contributed by atoms with van der Waals surface area (Å²) in [5.41, 5.74) is 2.28. The van der Waals surface area contributed by atoms with Gasteiger partial charge in [-0.2, -0.15) is 0 Å². The van der Waals surface area contributed by atoms with Gasteiger partial charge in [0.2, 0.25) is 0 Å². The van der Waals surface area contributed by atoms with Crippen molar-refractivity contribution < 1.29 is 9.53 Å². The highest BCUT2D eigenvalue weighted by Crippen LogP contribution is 2.18. The molecule has 0 bridgehead atoms. The monoisotopic (exact) mass is 542 g/mol. The zero-order valence-corrected chi connectivity index (χ0v) is 20.1. The third-order valence-corrected chi connectivity index (χ3v) is 4.75. The Balaban J connectivity index is 0.00000320. The molecule has 0 spiro atoms. The highest BCUT2D eigenvalue weighted by atomic mass is 127. The number of carbonyl (C=O) groups is 1. The molecule has 1 fully saturated rings. The number of nitrogens with one attached hydrogen (secondary N) is 3. The predicted octanol–water partition coefficient (Wildman–Crippen LogP) is 3.52. The summed E-state index contributed by atoms with van der Waals surface area (Å²) in [5.74, 6) is 1.38. The maximum atomic E-state index is 11.7. The first-order valence-electron chi connectivity index (χ1n) is 9.82. The zero-order chi connectivity index (χ0) is 20.5. The fourth-order valence-electron chi connectivity index (χ4n) is 2.78. The minimum atomic E-state index is -0.0579. The van der Waals surface area contributed by atoms with Crippen LogP contribution in [0, 0.1) is 0 Å². The van der Waals surface area contributed by atoms with Crippen LogP contribution in [-0.2, 0) is 17.8 Å². The van der Waals surface area contributed by atoms with E-state index in [1.165, 1.54) is 5.56 Å². The molecule has 0 unspecified atom stereocenters. The molecule has 1 saturated carbocycles. The number of rotatable bonds is 9. The normalized spacial score (nSPS) is 13.2. The second-order valence-corrected chi connectivity index (χ2v) is 7.44. The van der Waals surface area contributed by atoms with Crippen molar-refractivity contribution in [2.24, 2.45) is 4.99 Å². The molecule has 8 heteroatoms. The first-order chi connectivity index (χ1) is 14.1. The van der Waals surface area contributed by atoms with Crippen molar-refractivity contribution in [3.8, 4) is 5.75 Å². The van der Waals surface area contributed by atoms with Gasteiger partial charge in [-0.1, -0.05) is 35.9 Å². The van der Waals surface area contributed by atoms with Crippen LogP contribution in [0.4, 0.5) is 0 Å². The number of aliphatic imine (C=N–C) groups is 1. The SMILES string of the molecule is CN=C(NCCc1ccc(OCC(=O)NC2CC2)cc1)NCc1cccc(Cl)c1.I. The summed E-state index contributed by atoms with van der Waals surface area (Å²) in [6.45, 7) is 1.46. The van der Waals surface area contributed by atoms with Crippen molar-refractivity contribution in [1.29, 1.82) is 0 Å². The second kappa shape index (κ2) is 12.6. The van der Waals surface area contributed by atoms with Crippen LogP contribution in [0.1, 0.15) is 24.0 Å². The van der Waals surface area contributed by atoms with Crippen LogP contribution in [0.3, 0.4) is 0 Å². The number of benzene rings is 2. The molecule has 0 atom stereocenters. The number of hydrogen-bond donors (Lipinski definition) is 3. The first-order valence-corrected chi connectivity index (χ1v) is 10.2. The van der Waals surface area contributed by atoms with E-state index in [0.29, 0.717) is 18.3 Å². The molecule has 0 saturated heterocycles. The predicted molar refractivity (Wildman–Crippen MR) is 132 cm³/mol. The third-order valence-electron chi connectivity index (χ3n) is 4.51. The second-order valence-electron chi connectivity index (χ2n) is 7.01. The number of guanidine groups is 1. The lowest BCUT2D eigenvalue weighted by Crippen LogP contribution is -2.37. The Bertz CT molecular complexity index is 841. The van der Waals surface area contributed by atoms with E-state index in [9.17, 15) is 4.79 Å². The minimum absolute atomic E-state index is 0. The average molecular weight is 543 g/mol. The fraction of sp³-hybridized carbons (Fsp3) is 0.364. The third kappa shape index (κ3) is 8.79. The van der Waals surface area contributed by atoms with Crippen LogP contribution < -0.4 is 20.7 Å². The maximum absolute atomic E-state index is 11.7. The van der Waals surface area contributed by atoms with E-state index in [1.807, 2.05) is 48.5 Å². The standard InChI is InChI=1S/C22H27ClN4O2.HI/c1-24-22(26-14-17-3-2-4-18(23)13-17)25-12-11-16-5-9-20(10-6-16)29-15-21(28)27-19-7-8-19;/h2-6,9-10,13,19H,7-8,11-12,14-15H2,1H3,(H,27,28)(H2,24,25,26);1H. The number of carbonyl (C=O) groups excluding carboxylic acids is 1. The first kappa shape index (κ1) is 24.3. The molecular weight excluding hydrogens is 515 g/mol. The van der Waals surface area contributed by atoms with Crippen molar-refractivity contribution in [2.75, 3.05) is 20.2 Å². The van der Waals surface area contributed by atoms with E-state index in [4.69, 9.17) is 16.3 Å². The number of nitrogens with zero attached hydrogens (tertiary/aromatic N) is 1. The molecule has 0 aromatic heterocycles. The van der Waals surface area contributed by atoms with E-state index in [-0.39, 0.29) is 36.5 Å². The van der Waals surface area contributed by atoms with Crippen molar-refractivity contribution in [3.05, 3.63) is 64.7 Å². The van der Waals surface area contributed by atoms with E-state index < -0.39 is 0 Å². The van der Waals surface area contributed by atoms with Gasteiger partial charge in [-0.15, -0.1) is 24.0 Å². The molecule has 0 heterocycles. The minimum Gasteiger partial charge on any atom is -0.484 e. The molecule has 2 aromatic rings. The Morgan fingerprint density at radius 1 is 1.13 bits per heavy atom. The molecule has 2 aromatic carbocycles. The summed E-state index contributed by atoms with van der Waals surface area (Å²) in [6, 6.07) is 15.9. The van der Waals surface area contributed by atoms with Gasteiger partial charge in [-0.25, -0.2) is 0 Å². The molecule has 1 aliphatic rings. The lowest BCUT2D eigenvalue weighted by Gasteiger charge is -2.12. The number of halogens is 2. The molecule has 3 N–H and O–H groups in total. The van der Waals surface area contributed by atoms with Gasteiger partial charge in [0.05, 0.1) is 0 Å². The van der Waals surface area contributed by atoms with Crippen LogP contribution >= 0.6 is 35.6 Å². The van der Waals surface area contributed by atoms with Gasteiger partial charge in [0.1, 0.15) is 5.75 Å². The maximum Gasteiger partial charge on any atom is 0.258 e. The summed E-state index contributed by atoms with van der Waals surface area (Å²) < 4.78 is 5.53. The van der Waals surface area contributed by atoms with Crippen molar-refractivity contribution >= 4 is 47.4 Å². The van der Waals surface area contributed by atoms with E-state index in [2.05, 4.69) is 20.9 Å². The molecule has 6 nitrogen and oxygen atoms in total. The van der Waals surface area contributed by atoms with Crippen LogP contribution in [0.25, 0.3) is 0 Å². The van der Waals surface area contributed by atoms with Crippen LogP contribution in [-0.4, -0.2) is 38.1 Å². The Morgan fingerprint density at radius 2 is 1.90 bits per heavy atom. The molecule has 1 amide bonds. The summed E-state index contributed by atoms with van der Waals surface area (Å²) in [7, 11) is 1.75. The molecule has 30 heavy (non-hydrogen) atoms. The summed E-state index contributed by atoms with van der Waals surface area (Å²) in [5, 5.41) is 10.2. The Morgan fingerprint density at radius 3 is 2.57 bits per heavy atom. The molecule has 1 aliphatic carbocycles. The van der Waals surface area contributed by atoms with Crippen molar-refractivity contribution in [3.63, 3.8) is 0 Å². The zero-order valence-electron chi connectivity index (χ0n) is 17.0. The van der Waals surface area contributed by atoms with Gasteiger partial charge in [-0.05, 0) is 54.7 Å². The van der Waals surface area contributed by atoms with E-state index in [1.54, 1.807) is 7.05 Å². The van der Waals surface area contributed by atoms with Gasteiger partial charge in [-0.3, -0.25) is 9.79 Å². The van der Waals surface area contributed by atoms with Gasteiger partial charge in [0.15, 0.2) is 12.6 Å². The highest BCUT2D eigenvalue weighted by molar-refractivity contribution is 14.0. The lowest BCUT2D eigenvalue weighted by atomic mass is 10.1. The van der Waals surface area contributed by atoms with Crippen LogP contribution in [0.5, 0.6) is 5.75 Å². The van der Waals surface area contributed by atoms with Crippen LogP contribution in [0.2, 0.25) is 5.02 Å². The molecule has 0 radical (unpaired) electrons. The van der Waals surface area contributed by atoms with Gasteiger partial charge >= 0.3 is 0 Å². The van der Waals surface area contributed by atoms with E-state index in [0.717, 1.165) is 42.4 Å². The quantitative estimate of drug-likeness (QED) is 0.258. The summed E-state index contributed by atoms with van der Waals surface area (Å²) in [6.07, 6.45) is 3.00. The smallest absolute Gasteiger partial charge is 0.258 e. The van der Waals surface area contributed by atoms with Gasteiger partial charge in [0, 0.05) is 31.2 Å². The topological polar surface area (TPSA) is 74.8 Å². The van der Waals surface area contributed by atoms with Gasteiger partial charge in [0.25, 0.3) is 5.91 Å². The lowest BCUT2D eigenvalue weighted by molar-refractivity contribution is -0.123. The molecular formula is C22H28ClIN4O2. The average Bonchev–Trinajstić information content (AvgIpc) is 3.54. The largest absolute Gasteiger partial charge is 0.484 e. The Hall–Kier alpha value is -2.00. The van der Waals surface area contributed by atoms with Crippen LogP contribution in [0.15, 0.2) is 53.5 Å². The Labute approximate surface area is 199 Å². The van der Waals surface area contributed by atoms with Crippen molar-refractivity contribution in [1.82, 2.24) is 16.0 Å². The van der Waals surface area contributed by atoms with Gasteiger partial charge < -0.3 is 20.7 Å².